The first-order valence-electron chi connectivity index (χ1n) is 10.7. The van der Waals surface area contributed by atoms with Gasteiger partial charge in [0, 0.05) is 0 Å². The van der Waals surface area contributed by atoms with E-state index in [9.17, 15) is 13.2 Å². The first kappa shape index (κ1) is 22.5. The van der Waals surface area contributed by atoms with Gasteiger partial charge in [-0.2, -0.15) is 0 Å². The quantitative estimate of drug-likeness (QED) is 0.319. The maximum Gasteiger partial charge on any atom is 0.313 e. The Kier molecular flexibility index (Phi) is 6.71. The largest absolute Gasteiger partial charge is 0.460 e. The summed E-state index contributed by atoms with van der Waals surface area (Å²) in [5, 5.41) is 0. The van der Waals surface area contributed by atoms with Gasteiger partial charge in [-0.1, -0.05) is 91.0 Å². The van der Waals surface area contributed by atoms with Crippen molar-refractivity contribution >= 4 is 15.8 Å². The van der Waals surface area contributed by atoms with Crippen LogP contribution in [0.5, 0.6) is 0 Å². The number of carbonyl (C=O) groups is 1. The van der Waals surface area contributed by atoms with Crippen molar-refractivity contribution in [1.82, 2.24) is 0 Å². The molecule has 4 aromatic carbocycles. The second-order valence-corrected chi connectivity index (χ2v) is 9.66. The van der Waals surface area contributed by atoms with Crippen LogP contribution < -0.4 is 0 Å². The van der Waals surface area contributed by atoms with E-state index in [4.69, 9.17) is 4.74 Å². The molecule has 0 aromatic heterocycles. The standard InChI is InChI=1S/C28H24O4S/c1-21(28(29)32-20-22-10-4-2-5-11-22)26-14-8-9-15-27(26)33(30,31)25-18-16-24(17-19-25)23-12-6-3-7-13-23/h2-19,21H,20H2,1H3. The minimum atomic E-state index is -3.82. The Balaban J connectivity index is 1.58. The van der Waals surface area contributed by atoms with Crippen molar-refractivity contribution in [3.8, 4) is 11.1 Å². The number of carbonyl (C=O) groups excluding carboxylic acids is 1. The Morgan fingerprint density at radius 2 is 1.27 bits per heavy atom. The van der Waals surface area contributed by atoms with Gasteiger partial charge >= 0.3 is 5.97 Å². The van der Waals surface area contributed by atoms with E-state index in [-0.39, 0.29) is 16.4 Å². The van der Waals surface area contributed by atoms with Gasteiger partial charge in [0.15, 0.2) is 0 Å². The van der Waals surface area contributed by atoms with Gasteiger partial charge in [-0.15, -0.1) is 0 Å². The summed E-state index contributed by atoms with van der Waals surface area (Å²) in [6.07, 6.45) is 0. The molecule has 0 aliphatic rings. The molecule has 0 spiro atoms. The molecule has 0 bridgehead atoms. The second kappa shape index (κ2) is 9.84. The molecule has 0 radical (unpaired) electrons. The number of sulfone groups is 1. The van der Waals surface area contributed by atoms with Crippen LogP contribution in [-0.4, -0.2) is 14.4 Å². The smallest absolute Gasteiger partial charge is 0.313 e. The van der Waals surface area contributed by atoms with E-state index in [0.29, 0.717) is 5.56 Å². The molecule has 1 atom stereocenters. The van der Waals surface area contributed by atoms with Crippen LogP contribution in [0.25, 0.3) is 11.1 Å². The topological polar surface area (TPSA) is 60.4 Å². The fourth-order valence-corrected chi connectivity index (χ4v) is 5.21. The Morgan fingerprint density at radius 1 is 0.727 bits per heavy atom. The predicted octanol–water partition coefficient (Wildman–Crippen LogP) is 6.03. The van der Waals surface area contributed by atoms with Crippen molar-refractivity contribution in [2.75, 3.05) is 0 Å². The molecule has 0 saturated heterocycles. The molecule has 0 amide bonds. The molecule has 0 saturated carbocycles. The fraction of sp³-hybridized carbons (Fsp3) is 0.107. The lowest BCUT2D eigenvalue weighted by Gasteiger charge is -2.16. The summed E-state index contributed by atoms with van der Waals surface area (Å²) in [5.41, 5.74) is 3.23. The van der Waals surface area contributed by atoms with E-state index < -0.39 is 21.7 Å². The number of hydrogen-bond acceptors (Lipinski definition) is 4. The number of ether oxygens (including phenoxy) is 1. The minimum Gasteiger partial charge on any atom is -0.460 e. The van der Waals surface area contributed by atoms with Crippen LogP contribution in [0, 0.1) is 0 Å². The van der Waals surface area contributed by atoms with Crippen molar-refractivity contribution in [2.24, 2.45) is 0 Å². The van der Waals surface area contributed by atoms with Crippen LogP contribution in [0.2, 0.25) is 0 Å². The van der Waals surface area contributed by atoms with Crippen molar-refractivity contribution in [2.45, 2.75) is 29.2 Å². The average Bonchev–Trinajstić information content (AvgIpc) is 2.88. The van der Waals surface area contributed by atoms with Crippen LogP contribution in [0.4, 0.5) is 0 Å². The first-order valence-corrected chi connectivity index (χ1v) is 12.2. The minimum absolute atomic E-state index is 0.113. The number of esters is 1. The van der Waals surface area contributed by atoms with E-state index >= 15 is 0 Å². The normalized spacial score (nSPS) is 12.2. The zero-order valence-corrected chi connectivity index (χ0v) is 19.0. The van der Waals surface area contributed by atoms with Gasteiger partial charge in [0.25, 0.3) is 0 Å². The molecule has 4 nitrogen and oxygen atoms in total. The first-order chi connectivity index (χ1) is 16.0. The Bertz CT molecular complexity index is 1330. The summed E-state index contributed by atoms with van der Waals surface area (Å²) < 4.78 is 32.4. The Labute approximate surface area is 194 Å². The highest BCUT2D eigenvalue weighted by Gasteiger charge is 2.27. The molecular formula is C28H24O4S. The van der Waals surface area contributed by atoms with E-state index in [0.717, 1.165) is 16.7 Å². The van der Waals surface area contributed by atoms with E-state index in [1.807, 2.05) is 60.7 Å². The van der Waals surface area contributed by atoms with E-state index in [2.05, 4.69) is 0 Å². The summed E-state index contributed by atoms with van der Waals surface area (Å²) in [6, 6.07) is 32.5. The third-order valence-corrected chi connectivity index (χ3v) is 7.37. The van der Waals surface area contributed by atoms with Gasteiger partial charge in [0.05, 0.1) is 15.7 Å². The third-order valence-electron chi connectivity index (χ3n) is 5.52. The highest BCUT2D eigenvalue weighted by molar-refractivity contribution is 7.91. The van der Waals surface area contributed by atoms with Crippen molar-refractivity contribution in [3.63, 3.8) is 0 Å². The summed E-state index contributed by atoms with van der Waals surface area (Å²) >= 11 is 0. The maximum absolute atomic E-state index is 13.5. The van der Waals surface area contributed by atoms with Crippen LogP contribution in [-0.2, 0) is 26.0 Å². The van der Waals surface area contributed by atoms with Crippen LogP contribution in [0.3, 0.4) is 0 Å². The van der Waals surface area contributed by atoms with Crippen LogP contribution >= 0.6 is 0 Å². The van der Waals surface area contributed by atoms with Crippen molar-refractivity contribution in [1.29, 1.82) is 0 Å². The van der Waals surface area contributed by atoms with Crippen LogP contribution in [0.15, 0.2) is 119 Å². The lowest BCUT2D eigenvalue weighted by molar-refractivity contribution is -0.146. The van der Waals surface area contributed by atoms with Gasteiger partial charge in [0.2, 0.25) is 9.84 Å². The second-order valence-electron chi connectivity index (χ2n) is 7.75. The third kappa shape index (κ3) is 5.04. The molecule has 0 aliphatic heterocycles. The number of rotatable bonds is 7. The molecule has 4 aromatic rings. The Hall–Kier alpha value is -3.70. The summed E-state index contributed by atoms with van der Waals surface area (Å²) in [4.78, 5) is 13.0. The zero-order valence-electron chi connectivity index (χ0n) is 18.2. The predicted molar refractivity (Wildman–Crippen MR) is 128 cm³/mol. The van der Waals surface area contributed by atoms with Gasteiger partial charge in [-0.05, 0) is 47.4 Å². The summed E-state index contributed by atoms with van der Waals surface area (Å²) in [5.74, 6) is -1.20. The average molecular weight is 457 g/mol. The van der Waals surface area contributed by atoms with Gasteiger partial charge < -0.3 is 4.74 Å². The van der Waals surface area contributed by atoms with Crippen molar-refractivity contribution in [3.05, 3.63) is 120 Å². The Morgan fingerprint density at radius 3 is 1.94 bits per heavy atom. The lowest BCUT2D eigenvalue weighted by atomic mass is 10.0. The van der Waals surface area contributed by atoms with Gasteiger partial charge in [-0.3, -0.25) is 4.79 Å². The van der Waals surface area contributed by atoms with E-state index in [1.165, 1.54) is 6.07 Å². The molecule has 1 unspecified atom stereocenters. The van der Waals surface area contributed by atoms with Crippen LogP contribution in [0.1, 0.15) is 24.0 Å². The molecule has 5 heteroatoms. The van der Waals surface area contributed by atoms with Gasteiger partial charge in [-0.25, -0.2) is 8.42 Å². The fourth-order valence-electron chi connectivity index (χ4n) is 3.65. The lowest BCUT2D eigenvalue weighted by Crippen LogP contribution is -2.16. The summed E-state index contributed by atoms with van der Waals surface area (Å²) in [6.45, 7) is 1.81. The number of hydrogen-bond donors (Lipinski definition) is 0. The van der Waals surface area contributed by atoms with Crippen molar-refractivity contribution < 1.29 is 17.9 Å². The SMILES string of the molecule is CC(C(=O)OCc1ccccc1)c1ccccc1S(=O)(=O)c1ccc(-c2ccccc2)cc1. The van der Waals surface area contributed by atoms with Gasteiger partial charge in [0.1, 0.15) is 6.61 Å². The monoisotopic (exact) mass is 456 g/mol. The molecule has 0 fully saturated rings. The maximum atomic E-state index is 13.5. The van der Waals surface area contributed by atoms with E-state index in [1.54, 1.807) is 49.4 Å². The summed E-state index contributed by atoms with van der Waals surface area (Å²) in [7, 11) is -3.82. The molecule has 0 aliphatic carbocycles. The molecular weight excluding hydrogens is 432 g/mol. The molecule has 0 N–H and O–H groups in total. The highest BCUT2D eigenvalue weighted by Crippen LogP contribution is 2.31. The number of benzene rings is 4. The molecule has 0 heterocycles. The molecule has 4 rings (SSSR count). The zero-order chi connectivity index (χ0) is 23.3. The molecule has 166 valence electrons. The highest BCUT2D eigenvalue weighted by atomic mass is 32.2. The molecule has 33 heavy (non-hydrogen) atoms.